The Hall–Kier alpha value is -6.79. The van der Waals surface area contributed by atoms with Crippen molar-refractivity contribution in [3.63, 3.8) is 0 Å². The Bertz CT molecular complexity index is 3290. The lowest BCUT2D eigenvalue weighted by Crippen LogP contribution is -2.10. The van der Waals surface area contributed by atoms with Crippen LogP contribution in [0.25, 0.3) is 89.9 Å². The first-order valence-electron chi connectivity index (χ1n) is 18.8. The molecule has 12 aromatic rings. The van der Waals surface area contributed by atoms with E-state index in [4.69, 9.17) is 4.98 Å². The third kappa shape index (κ3) is 4.98. The number of thiophene rings is 2. The molecule has 0 N–H and O–H groups in total. The van der Waals surface area contributed by atoms with Gasteiger partial charge in [0.25, 0.3) is 0 Å². The van der Waals surface area contributed by atoms with Crippen LogP contribution >= 0.6 is 22.7 Å². The molecular weight excluding hydrogens is 719 g/mol. The molecule has 0 saturated carbocycles. The van der Waals surface area contributed by atoms with E-state index in [1.807, 2.05) is 47.1 Å². The molecule has 0 atom stereocenters. The fraction of sp³-hybridized carbons (Fsp3) is 0. The standard InChI is InChI=1S/C51H31N3S2/c1-3-9-47-40(7-1)42-26-20-34-18-24-38(29-44(34)50(42)55-47)54(39-25-19-35-21-27-43-41-8-2-4-10-48(41)56-51(43)45(35)30-39)37-22-16-33(17-23-37)32-12-14-36(15-13-32)46-31-53-28-6-5-11-49(53)52-46/h1-31H. The molecule has 12 rings (SSSR count). The number of aromatic nitrogens is 2. The van der Waals surface area contributed by atoms with Crippen molar-refractivity contribution < 1.29 is 0 Å². The summed E-state index contributed by atoms with van der Waals surface area (Å²) in [5, 5.41) is 10.3. The summed E-state index contributed by atoms with van der Waals surface area (Å²) in [6.45, 7) is 0. The molecule has 4 aromatic heterocycles. The van der Waals surface area contributed by atoms with Crippen molar-refractivity contribution in [2.45, 2.75) is 0 Å². The summed E-state index contributed by atoms with van der Waals surface area (Å²) in [5.41, 5.74) is 8.75. The molecule has 0 radical (unpaired) electrons. The molecule has 0 aliphatic rings. The lowest BCUT2D eigenvalue weighted by Gasteiger charge is -2.26. The summed E-state index contributed by atoms with van der Waals surface area (Å²) in [6, 6.07) is 64.4. The van der Waals surface area contributed by atoms with Crippen molar-refractivity contribution in [2.24, 2.45) is 0 Å². The maximum absolute atomic E-state index is 4.83. The van der Waals surface area contributed by atoms with Gasteiger partial charge in [0.1, 0.15) is 5.65 Å². The van der Waals surface area contributed by atoms with Gasteiger partial charge in [-0.15, -0.1) is 22.7 Å². The van der Waals surface area contributed by atoms with Crippen molar-refractivity contribution in [2.75, 3.05) is 4.90 Å². The first kappa shape index (κ1) is 31.5. The summed E-state index contributed by atoms with van der Waals surface area (Å²) in [5.74, 6) is 0. The molecule has 0 amide bonds. The van der Waals surface area contributed by atoms with E-state index in [0.29, 0.717) is 0 Å². The topological polar surface area (TPSA) is 20.5 Å². The summed E-state index contributed by atoms with van der Waals surface area (Å²) < 4.78 is 7.37. The Morgan fingerprint density at radius 1 is 0.411 bits per heavy atom. The molecule has 0 fully saturated rings. The van der Waals surface area contributed by atoms with Gasteiger partial charge < -0.3 is 9.30 Å². The SMILES string of the molecule is c1ccc2c(c1)sc1c3cc(N(c4ccc(-c5ccc(-c6cn7ccccc7n6)cc5)cc4)c4ccc5ccc6c7ccccc7sc6c5c4)ccc3ccc21. The van der Waals surface area contributed by atoms with E-state index in [-0.39, 0.29) is 0 Å². The number of fused-ring (bicyclic) bond motifs is 11. The Labute approximate surface area is 330 Å². The number of hydrogen-bond donors (Lipinski definition) is 0. The zero-order chi connectivity index (χ0) is 36.7. The highest BCUT2D eigenvalue weighted by Gasteiger charge is 2.18. The lowest BCUT2D eigenvalue weighted by molar-refractivity contribution is 1.19. The number of imidazole rings is 1. The van der Waals surface area contributed by atoms with E-state index in [1.165, 1.54) is 73.0 Å². The Kier molecular flexibility index (Phi) is 6.97. The van der Waals surface area contributed by atoms with Crippen LogP contribution in [-0.2, 0) is 0 Å². The van der Waals surface area contributed by atoms with Crippen LogP contribution in [0.5, 0.6) is 0 Å². The maximum Gasteiger partial charge on any atom is 0.137 e. The predicted molar refractivity (Wildman–Crippen MR) is 242 cm³/mol. The molecule has 4 heterocycles. The van der Waals surface area contributed by atoms with Gasteiger partial charge in [0.05, 0.1) is 5.69 Å². The fourth-order valence-electron chi connectivity index (χ4n) is 8.42. The molecule has 5 heteroatoms. The predicted octanol–water partition coefficient (Wildman–Crippen LogP) is 15.2. The van der Waals surface area contributed by atoms with Gasteiger partial charge in [0.15, 0.2) is 0 Å². The molecule has 0 spiro atoms. The van der Waals surface area contributed by atoms with Crippen LogP contribution < -0.4 is 4.90 Å². The van der Waals surface area contributed by atoms with Gasteiger partial charge in [-0.25, -0.2) is 4.98 Å². The molecular formula is C51H31N3S2. The maximum atomic E-state index is 4.83. The first-order chi connectivity index (χ1) is 27.7. The van der Waals surface area contributed by atoms with E-state index < -0.39 is 0 Å². The third-order valence-corrected chi connectivity index (χ3v) is 13.6. The zero-order valence-corrected chi connectivity index (χ0v) is 31.7. The highest BCUT2D eigenvalue weighted by molar-refractivity contribution is 7.27. The third-order valence-electron chi connectivity index (χ3n) is 11.2. The number of hydrogen-bond acceptors (Lipinski definition) is 4. The van der Waals surface area contributed by atoms with Gasteiger partial charge in [-0.05, 0) is 82.6 Å². The van der Waals surface area contributed by atoms with Crippen LogP contribution in [0, 0.1) is 0 Å². The molecule has 0 saturated heterocycles. The van der Waals surface area contributed by atoms with Crippen molar-refractivity contribution >= 4 is 107 Å². The van der Waals surface area contributed by atoms with Gasteiger partial charge in [0.2, 0.25) is 0 Å². The molecule has 0 bridgehead atoms. The van der Waals surface area contributed by atoms with Crippen LogP contribution in [0.3, 0.4) is 0 Å². The fourth-order valence-corrected chi connectivity index (χ4v) is 10.9. The highest BCUT2D eigenvalue weighted by Crippen LogP contribution is 2.45. The number of nitrogens with zero attached hydrogens (tertiary/aromatic N) is 3. The Morgan fingerprint density at radius 3 is 1.50 bits per heavy atom. The molecule has 262 valence electrons. The molecule has 8 aromatic carbocycles. The van der Waals surface area contributed by atoms with Crippen molar-refractivity contribution in [1.29, 1.82) is 0 Å². The second-order valence-corrected chi connectivity index (χ2v) is 16.5. The summed E-state index contributed by atoms with van der Waals surface area (Å²) in [4.78, 5) is 7.25. The van der Waals surface area contributed by atoms with Crippen LogP contribution in [0.2, 0.25) is 0 Å². The van der Waals surface area contributed by atoms with Gasteiger partial charge in [-0.1, -0.05) is 115 Å². The normalized spacial score (nSPS) is 11.9. The van der Waals surface area contributed by atoms with E-state index in [2.05, 4.69) is 173 Å². The van der Waals surface area contributed by atoms with E-state index in [9.17, 15) is 0 Å². The number of pyridine rings is 1. The number of anilines is 3. The quantitative estimate of drug-likeness (QED) is 0.175. The van der Waals surface area contributed by atoms with Crippen molar-refractivity contribution in [1.82, 2.24) is 9.38 Å². The minimum Gasteiger partial charge on any atom is -0.310 e. The summed E-state index contributed by atoms with van der Waals surface area (Å²) in [6.07, 6.45) is 4.13. The van der Waals surface area contributed by atoms with Crippen LogP contribution in [0.4, 0.5) is 17.1 Å². The Balaban J connectivity index is 0.999. The Morgan fingerprint density at radius 2 is 0.911 bits per heavy atom. The number of benzene rings is 8. The van der Waals surface area contributed by atoms with Crippen LogP contribution in [-0.4, -0.2) is 9.38 Å². The largest absolute Gasteiger partial charge is 0.310 e. The smallest absolute Gasteiger partial charge is 0.137 e. The average Bonchev–Trinajstić information content (AvgIpc) is 3.98. The van der Waals surface area contributed by atoms with Gasteiger partial charge in [-0.3, -0.25) is 0 Å². The van der Waals surface area contributed by atoms with Gasteiger partial charge in [-0.2, -0.15) is 0 Å². The monoisotopic (exact) mass is 749 g/mol. The van der Waals surface area contributed by atoms with E-state index in [0.717, 1.165) is 34.0 Å². The second-order valence-electron chi connectivity index (χ2n) is 14.4. The highest BCUT2D eigenvalue weighted by atomic mass is 32.1. The first-order valence-corrected chi connectivity index (χ1v) is 20.5. The zero-order valence-electron chi connectivity index (χ0n) is 30.1. The minimum absolute atomic E-state index is 0.950. The molecule has 0 unspecified atom stereocenters. The molecule has 56 heavy (non-hydrogen) atoms. The van der Waals surface area contributed by atoms with Crippen molar-refractivity contribution in [3.05, 3.63) is 188 Å². The second kappa shape index (κ2) is 12.4. The van der Waals surface area contributed by atoms with E-state index in [1.54, 1.807) is 0 Å². The molecule has 3 nitrogen and oxygen atoms in total. The van der Waals surface area contributed by atoms with E-state index >= 15 is 0 Å². The van der Waals surface area contributed by atoms with Crippen LogP contribution in [0.15, 0.2) is 188 Å². The van der Waals surface area contributed by atoms with Crippen molar-refractivity contribution in [3.8, 4) is 22.4 Å². The minimum atomic E-state index is 0.950. The average molecular weight is 750 g/mol. The molecule has 0 aliphatic carbocycles. The van der Waals surface area contributed by atoms with Gasteiger partial charge in [0, 0.05) is 86.1 Å². The number of rotatable bonds is 5. The summed E-state index contributed by atoms with van der Waals surface area (Å²) >= 11 is 3.77. The lowest BCUT2D eigenvalue weighted by atomic mass is 10.0. The van der Waals surface area contributed by atoms with Gasteiger partial charge >= 0.3 is 0 Å². The summed E-state index contributed by atoms with van der Waals surface area (Å²) in [7, 11) is 0. The van der Waals surface area contributed by atoms with Crippen LogP contribution in [0.1, 0.15) is 0 Å². The molecule has 0 aliphatic heterocycles.